The van der Waals surface area contributed by atoms with Gasteiger partial charge in [-0.1, -0.05) is 18.2 Å². The summed E-state index contributed by atoms with van der Waals surface area (Å²) >= 11 is 0. The van der Waals surface area contributed by atoms with Crippen molar-refractivity contribution in [2.45, 2.75) is 26.8 Å². The number of carbonyl (C=O) groups is 1. The molecule has 0 spiro atoms. The number of rotatable bonds is 3. The van der Waals surface area contributed by atoms with Crippen molar-refractivity contribution in [3.63, 3.8) is 0 Å². The van der Waals surface area contributed by atoms with E-state index < -0.39 is 0 Å². The average Bonchev–Trinajstić information content (AvgIpc) is 2.37. The van der Waals surface area contributed by atoms with Crippen molar-refractivity contribution >= 4 is 22.8 Å². The molecule has 0 aliphatic carbocycles. The van der Waals surface area contributed by atoms with Gasteiger partial charge in [-0.05, 0) is 26.8 Å². The Labute approximate surface area is 112 Å². The van der Waals surface area contributed by atoms with Gasteiger partial charge in [0.15, 0.2) is 0 Å². The second kappa shape index (κ2) is 5.22. The van der Waals surface area contributed by atoms with Crippen LogP contribution in [0.3, 0.4) is 0 Å². The summed E-state index contributed by atoms with van der Waals surface area (Å²) in [5, 5.41) is 0.737. The summed E-state index contributed by atoms with van der Waals surface area (Å²) in [6.45, 7) is 6.54. The fraction of sp³-hybridized carbons (Fsp3) is 0.357. The molecule has 0 unspecified atom stereocenters. The second-order valence-electron chi connectivity index (χ2n) is 4.63. The molecule has 5 heteroatoms. The van der Waals surface area contributed by atoms with Crippen LogP contribution in [0.5, 0.6) is 0 Å². The standard InChI is InChI=1S/C14H18N4O/c1-4-18(9(2)3)13(19)12-10-7-5-6-8-11(10)16-14(15)17-12/h5-9H,4H2,1-3H3,(H2,15,16,17). The number of nitrogens with zero attached hydrogens (tertiary/aromatic N) is 3. The minimum atomic E-state index is -0.109. The second-order valence-corrected chi connectivity index (χ2v) is 4.63. The molecular formula is C14H18N4O. The third-order valence-corrected chi connectivity index (χ3v) is 3.05. The van der Waals surface area contributed by atoms with Crippen molar-refractivity contribution in [1.82, 2.24) is 14.9 Å². The predicted octanol–water partition coefficient (Wildman–Crippen LogP) is 2.08. The van der Waals surface area contributed by atoms with Crippen molar-refractivity contribution in [1.29, 1.82) is 0 Å². The van der Waals surface area contributed by atoms with Gasteiger partial charge in [-0.2, -0.15) is 0 Å². The molecule has 1 aromatic carbocycles. The van der Waals surface area contributed by atoms with Crippen LogP contribution in [0.4, 0.5) is 5.95 Å². The molecule has 1 heterocycles. The Balaban J connectivity index is 2.58. The van der Waals surface area contributed by atoms with E-state index in [1.807, 2.05) is 45.0 Å². The topological polar surface area (TPSA) is 72.1 Å². The molecule has 5 nitrogen and oxygen atoms in total. The van der Waals surface area contributed by atoms with Gasteiger partial charge in [0.25, 0.3) is 5.91 Å². The Bertz CT molecular complexity index is 609. The van der Waals surface area contributed by atoms with Gasteiger partial charge in [0.1, 0.15) is 5.69 Å². The van der Waals surface area contributed by atoms with E-state index in [0.29, 0.717) is 17.8 Å². The highest BCUT2D eigenvalue weighted by Crippen LogP contribution is 2.18. The molecule has 2 aromatic rings. The fourth-order valence-electron chi connectivity index (χ4n) is 2.14. The number of nitrogens with two attached hydrogens (primary N) is 1. The van der Waals surface area contributed by atoms with E-state index in [4.69, 9.17) is 5.73 Å². The monoisotopic (exact) mass is 258 g/mol. The molecule has 0 bridgehead atoms. The van der Waals surface area contributed by atoms with Gasteiger partial charge in [0, 0.05) is 18.0 Å². The highest BCUT2D eigenvalue weighted by molar-refractivity contribution is 6.04. The third kappa shape index (κ3) is 2.50. The molecule has 0 saturated carbocycles. The molecule has 2 N–H and O–H groups in total. The van der Waals surface area contributed by atoms with Crippen LogP contribution in [0, 0.1) is 0 Å². The summed E-state index contributed by atoms with van der Waals surface area (Å²) < 4.78 is 0. The maximum Gasteiger partial charge on any atom is 0.273 e. The molecule has 0 aliphatic rings. The average molecular weight is 258 g/mol. The lowest BCUT2D eigenvalue weighted by Gasteiger charge is -2.25. The van der Waals surface area contributed by atoms with Crippen LogP contribution in [-0.2, 0) is 0 Å². The largest absolute Gasteiger partial charge is 0.368 e. The predicted molar refractivity (Wildman–Crippen MR) is 75.8 cm³/mol. The highest BCUT2D eigenvalue weighted by Gasteiger charge is 2.21. The zero-order valence-corrected chi connectivity index (χ0v) is 11.4. The van der Waals surface area contributed by atoms with E-state index in [2.05, 4.69) is 9.97 Å². The number of hydrogen-bond donors (Lipinski definition) is 1. The van der Waals surface area contributed by atoms with E-state index in [9.17, 15) is 4.79 Å². The van der Waals surface area contributed by atoms with Crippen molar-refractivity contribution in [3.05, 3.63) is 30.0 Å². The van der Waals surface area contributed by atoms with Crippen LogP contribution < -0.4 is 5.73 Å². The number of aromatic nitrogens is 2. The molecule has 0 atom stereocenters. The summed E-state index contributed by atoms with van der Waals surface area (Å²) in [6, 6.07) is 7.52. The molecule has 1 aromatic heterocycles. The number of benzene rings is 1. The van der Waals surface area contributed by atoms with Crippen LogP contribution in [0.2, 0.25) is 0 Å². The lowest BCUT2D eigenvalue weighted by atomic mass is 10.1. The summed E-state index contributed by atoms with van der Waals surface area (Å²) in [5.74, 6) is 0.0182. The number of nitrogen functional groups attached to an aromatic ring is 1. The van der Waals surface area contributed by atoms with Gasteiger partial charge in [-0.3, -0.25) is 4.79 Å². The molecule has 0 aliphatic heterocycles. The Morgan fingerprint density at radius 2 is 2.00 bits per heavy atom. The molecule has 19 heavy (non-hydrogen) atoms. The maximum absolute atomic E-state index is 12.6. The minimum absolute atomic E-state index is 0.109. The number of anilines is 1. The molecule has 1 amide bonds. The first-order valence-corrected chi connectivity index (χ1v) is 6.37. The molecular weight excluding hydrogens is 240 g/mol. The zero-order chi connectivity index (χ0) is 14.0. The van der Waals surface area contributed by atoms with Crippen LogP contribution in [0.25, 0.3) is 10.9 Å². The van der Waals surface area contributed by atoms with Crippen LogP contribution in [0.1, 0.15) is 31.3 Å². The quantitative estimate of drug-likeness (QED) is 0.914. The molecule has 2 rings (SSSR count). The number of hydrogen-bond acceptors (Lipinski definition) is 4. The van der Waals surface area contributed by atoms with Crippen LogP contribution in [0.15, 0.2) is 24.3 Å². The minimum Gasteiger partial charge on any atom is -0.368 e. The van der Waals surface area contributed by atoms with Crippen molar-refractivity contribution in [2.75, 3.05) is 12.3 Å². The number of amides is 1. The number of para-hydroxylation sites is 1. The smallest absolute Gasteiger partial charge is 0.273 e. The van der Waals surface area contributed by atoms with Crippen molar-refractivity contribution < 1.29 is 4.79 Å². The summed E-state index contributed by atoms with van der Waals surface area (Å²) in [7, 11) is 0. The van der Waals surface area contributed by atoms with Gasteiger partial charge in [0.05, 0.1) is 5.52 Å². The SMILES string of the molecule is CCN(C(=O)c1nc(N)nc2ccccc12)C(C)C. The Morgan fingerprint density at radius 1 is 1.32 bits per heavy atom. The van der Waals surface area contributed by atoms with Crippen LogP contribution in [-0.4, -0.2) is 33.4 Å². The molecule has 100 valence electrons. The van der Waals surface area contributed by atoms with E-state index >= 15 is 0 Å². The third-order valence-electron chi connectivity index (χ3n) is 3.05. The lowest BCUT2D eigenvalue weighted by Crippen LogP contribution is -2.37. The van der Waals surface area contributed by atoms with Gasteiger partial charge in [-0.25, -0.2) is 9.97 Å². The fourth-order valence-corrected chi connectivity index (χ4v) is 2.14. The normalized spacial score (nSPS) is 10.9. The Kier molecular flexibility index (Phi) is 3.64. The summed E-state index contributed by atoms with van der Waals surface area (Å²) in [5.41, 5.74) is 6.75. The van der Waals surface area contributed by atoms with Crippen LogP contribution >= 0.6 is 0 Å². The molecule has 0 saturated heterocycles. The van der Waals surface area contributed by atoms with E-state index in [0.717, 1.165) is 5.39 Å². The van der Waals surface area contributed by atoms with E-state index in [1.165, 1.54) is 0 Å². The van der Waals surface area contributed by atoms with E-state index in [1.54, 1.807) is 4.90 Å². The van der Waals surface area contributed by atoms with E-state index in [-0.39, 0.29) is 17.9 Å². The Morgan fingerprint density at radius 3 is 2.63 bits per heavy atom. The Hall–Kier alpha value is -2.17. The molecule has 0 fully saturated rings. The summed E-state index contributed by atoms with van der Waals surface area (Å²) in [6.07, 6.45) is 0. The first kappa shape index (κ1) is 13.3. The zero-order valence-electron chi connectivity index (χ0n) is 11.4. The number of fused-ring (bicyclic) bond motifs is 1. The molecule has 0 radical (unpaired) electrons. The maximum atomic E-state index is 12.6. The lowest BCUT2D eigenvalue weighted by molar-refractivity contribution is 0.0713. The highest BCUT2D eigenvalue weighted by atomic mass is 16.2. The van der Waals surface area contributed by atoms with Gasteiger partial charge < -0.3 is 10.6 Å². The summed E-state index contributed by atoms with van der Waals surface area (Å²) in [4.78, 5) is 22.6. The number of carbonyl (C=O) groups excluding carboxylic acids is 1. The van der Waals surface area contributed by atoms with Gasteiger partial charge in [0.2, 0.25) is 5.95 Å². The first-order valence-electron chi connectivity index (χ1n) is 6.37. The van der Waals surface area contributed by atoms with Crippen molar-refractivity contribution in [2.24, 2.45) is 0 Å². The van der Waals surface area contributed by atoms with Gasteiger partial charge >= 0.3 is 0 Å². The van der Waals surface area contributed by atoms with Gasteiger partial charge in [-0.15, -0.1) is 0 Å². The first-order chi connectivity index (χ1) is 9.04. The van der Waals surface area contributed by atoms with Crippen molar-refractivity contribution in [3.8, 4) is 0 Å².